The van der Waals surface area contributed by atoms with Crippen LogP contribution in [0.25, 0.3) is 0 Å². The fraction of sp³-hybridized carbons (Fsp3) is 0.0769. The lowest BCUT2D eigenvalue weighted by Gasteiger charge is -1.99. The minimum absolute atomic E-state index is 0.0124. The topological polar surface area (TPSA) is 34.1 Å². The van der Waals surface area contributed by atoms with Crippen molar-refractivity contribution >= 4 is 9.84 Å². The van der Waals surface area contributed by atoms with Crippen LogP contribution in [-0.2, 0) is 9.84 Å². The van der Waals surface area contributed by atoms with Crippen LogP contribution in [0.15, 0.2) is 72.2 Å². The van der Waals surface area contributed by atoms with E-state index < -0.39 is 9.84 Å². The summed E-state index contributed by atoms with van der Waals surface area (Å²) >= 11 is 0. The van der Waals surface area contributed by atoms with Crippen LogP contribution in [0.5, 0.6) is 0 Å². The van der Waals surface area contributed by atoms with Crippen LogP contribution >= 0.6 is 0 Å². The molecule has 0 amide bonds. The first-order valence-corrected chi connectivity index (χ1v) is 6.54. The Balaban J connectivity index is 2.70. The van der Waals surface area contributed by atoms with E-state index in [2.05, 4.69) is 6.58 Å². The number of allylic oxidation sites excluding steroid dienone is 4. The lowest BCUT2D eigenvalue weighted by molar-refractivity contribution is 0.599. The number of hydrogen-bond donors (Lipinski definition) is 0. The van der Waals surface area contributed by atoms with Crippen molar-refractivity contribution in [1.29, 1.82) is 0 Å². The highest BCUT2D eigenvalue weighted by atomic mass is 32.2. The molecule has 0 N–H and O–H groups in total. The van der Waals surface area contributed by atoms with E-state index in [-0.39, 0.29) is 5.75 Å². The van der Waals surface area contributed by atoms with E-state index >= 15 is 0 Å². The Morgan fingerprint density at radius 2 is 1.75 bits per heavy atom. The second kappa shape index (κ2) is 6.08. The summed E-state index contributed by atoms with van der Waals surface area (Å²) in [6, 6.07) is 8.43. The highest BCUT2D eigenvalue weighted by Gasteiger charge is 2.10. The molecule has 0 aliphatic rings. The average Bonchev–Trinajstić information content (AvgIpc) is 2.30. The maximum Gasteiger partial charge on any atom is 0.181 e. The summed E-state index contributed by atoms with van der Waals surface area (Å²) in [6.45, 7) is 3.52. The third-order valence-electron chi connectivity index (χ3n) is 1.91. The van der Waals surface area contributed by atoms with E-state index in [0.717, 1.165) is 0 Å². The Morgan fingerprint density at radius 3 is 2.38 bits per heavy atom. The number of benzene rings is 1. The van der Waals surface area contributed by atoms with Crippen LogP contribution < -0.4 is 0 Å². The third kappa shape index (κ3) is 3.87. The van der Waals surface area contributed by atoms with Gasteiger partial charge < -0.3 is 0 Å². The molecule has 0 aromatic heterocycles. The molecule has 0 atom stereocenters. The van der Waals surface area contributed by atoms with Crippen LogP contribution in [-0.4, -0.2) is 14.2 Å². The quantitative estimate of drug-likeness (QED) is 0.734. The van der Waals surface area contributed by atoms with Gasteiger partial charge in [0.1, 0.15) is 0 Å². The molecule has 0 radical (unpaired) electrons. The third-order valence-corrected chi connectivity index (χ3v) is 3.53. The average molecular weight is 234 g/mol. The molecule has 2 nitrogen and oxygen atoms in total. The molecule has 0 unspecified atom stereocenters. The fourth-order valence-electron chi connectivity index (χ4n) is 1.13. The number of sulfone groups is 1. The predicted octanol–water partition coefficient (Wildman–Crippen LogP) is 2.76. The van der Waals surface area contributed by atoms with E-state index in [1.54, 1.807) is 60.7 Å². The smallest absolute Gasteiger partial charge is 0.181 e. The molecule has 84 valence electrons. The van der Waals surface area contributed by atoms with Gasteiger partial charge >= 0.3 is 0 Å². The summed E-state index contributed by atoms with van der Waals surface area (Å²) in [4.78, 5) is 0.354. The van der Waals surface area contributed by atoms with Crippen LogP contribution in [0, 0.1) is 0 Å². The molecule has 0 heterocycles. The molecule has 1 aromatic rings. The van der Waals surface area contributed by atoms with Crippen molar-refractivity contribution in [2.24, 2.45) is 0 Å². The summed E-state index contributed by atoms with van der Waals surface area (Å²) in [5, 5.41) is 0. The van der Waals surface area contributed by atoms with E-state index in [1.807, 2.05) is 0 Å². The van der Waals surface area contributed by atoms with E-state index in [0.29, 0.717) is 4.90 Å². The highest BCUT2D eigenvalue weighted by Crippen LogP contribution is 2.09. The molecule has 0 spiro atoms. The van der Waals surface area contributed by atoms with E-state index in [4.69, 9.17) is 0 Å². The molecule has 0 saturated heterocycles. The second-order valence-corrected chi connectivity index (χ2v) is 5.18. The van der Waals surface area contributed by atoms with Crippen molar-refractivity contribution in [1.82, 2.24) is 0 Å². The van der Waals surface area contributed by atoms with Gasteiger partial charge in [-0.15, -0.1) is 0 Å². The van der Waals surface area contributed by atoms with Gasteiger partial charge in [-0.1, -0.05) is 55.2 Å². The summed E-state index contributed by atoms with van der Waals surface area (Å²) in [5.74, 6) is 0.0124. The summed E-state index contributed by atoms with van der Waals surface area (Å²) < 4.78 is 23.5. The molecule has 16 heavy (non-hydrogen) atoms. The molecule has 0 fully saturated rings. The molecular formula is C13H14O2S. The van der Waals surface area contributed by atoms with E-state index in [9.17, 15) is 8.42 Å². The maximum absolute atomic E-state index is 11.8. The Hall–Kier alpha value is -1.61. The SMILES string of the molecule is C=C/C=C\C=C/CS(=O)(=O)c1ccccc1. The Kier molecular flexibility index (Phi) is 4.73. The highest BCUT2D eigenvalue weighted by molar-refractivity contribution is 7.91. The van der Waals surface area contributed by atoms with Crippen molar-refractivity contribution in [2.45, 2.75) is 4.90 Å². The standard InChI is InChI=1S/C13H14O2S/c1-2-3-4-5-9-12-16(14,15)13-10-7-6-8-11-13/h2-11H,1,12H2/b4-3-,9-5-. The maximum atomic E-state index is 11.8. The molecule has 0 aliphatic carbocycles. The Morgan fingerprint density at radius 1 is 1.06 bits per heavy atom. The van der Waals surface area contributed by atoms with Gasteiger partial charge in [0.25, 0.3) is 0 Å². The summed E-state index contributed by atoms with van der Waals surface area (Å²) in [5.41, 5.74) is 0. The van der Waals surface area contributed by atoms with Gasteiger partial charge in [0.05, 0.1) is 10.6 Å². The van der Waals surface area contributed by atoms with Gasteiger partial charge in [-0.2, -0.15) is 0 Å². The predicted molar refractivity (Wildman–Crippen MR) is 67.0 cm³/mol. The van der Waals surface area contributed by atoms with Crippen LogP contribution in [0.3, 0.4) is 0 Å². The Labute approximate surface area is 96.5 Å². The number of hydrogen-bond acceptors (Lipinski definition) is 2. The normalized spacial score (nSPS) is 12.2. The molecule has 1 aromatic carbocycles. The van der Waals surface area contributed by atoms with E-state index in [1.165, 1.54) is 0 Å². The summed E-state index contributed by atoms with van der Waals surface area (Å²) in [7, 11) is -3.19. The molecule has 3 heteroatoms. The fourth-order valence-corrected chi connectivity index (χ4v) is 2.26. The lowest BCUT2D eigenvalue weighted by Crippen LogP contribution is -2.03. The monoisotopic (exact) mass is 234 g/mol. The van der Waals surface area contributed by atoms with Gasteiger partial charge in [0.2, 0.25) is 0 Å². The molecule has 1 rings (SSSR count). The van der Waals surface area contributed by atoms with Gasteiger partial charge in [0, 0.05) is 0 Å². The van der Waals surface area contributed by atoms with Crippen LogP contribution in [0.4, 0.5) is 0 Å². The zero-order chi connectivity index (χ0) is 11.9. The number of rotatable bonds is 5. The molecular weight excluding hydrogens is 220 g/mol. The van der Waals surface area contributed by atoms with Crippen molar-refractivity contribution < 1.29 is 8.42 Å². The molecule has 0 aliphatic heterocycles. The van der Waals surface area contributed by atoms with Gasteiger partial charge in [-0.25, -0.2) is 8.42 Å². The molecule has 0 saturated carbocycles. The largest absolute Gasteiger partial charge is 0.223 e. The van der Waals surface area contributed by atoms with Gasteiger partial charge in [-0.3, -0.25) is 0 Å². The molecule has 0 bridgehead atoms. The minimum atomic E-state index is -3.19. The van der Waals surface area contributed by atoms with Crippen molar-refractivity contribution in [3.63, 3.8) is 0 Å². The van der Waals surface area contributed by atoms with Crippen LogP contribution in [0.2, 0.25) is 0 Å². The zero-order valence-electron chi connectivity index (χ0n) is 8.91. The van der Waals surface area contributed by atoms with Crippen molar-refractivity contribution in [3.8, 4) is 0 Å². The van der Waals surface area contributed by atoms with Crippen molar-refractivity contribution in [2.75, 3.05) is 5.75 Å². The van der Waals surface area contributed by atoms with Gasteiger partial charge in [0.15, 0.2) is 9.84 Å². The minimum Gasteiger partial charge on any atom is -0.223 e. The Bertz CT molecular complexity index is 482. The first-order chi connectivity index (χ1) is 7.67. The zero-order valence-corrected chi connectivity index (χ0v) is 9.73. The lowest BCUT2D eigenvalue weighted by atomic mass is 10.4. The summed E-state index contributed by atoms with van der Waals surface area (Å²) in [6.07, 6.45) is 8.43. The van der Waals surface area contributed by atoms with Crippen LogP contribution in [0.1, 0.15) is 0 Å². The first kappa shape index (κ1) is 12.5. The van der Waals surface area contributed by atoms with Crippen molar-refractivity contribution in [3.05, 3.63) is 67.3 Å². The first-order valence-electron chi connectivity index (χ1n) is 4.89. The second-order valence-electron chi connectivity index (χ2n) is 3.14. The van der Waals surface area contributed by atoms with Gasteiger partial charge in [-0.05, 0) is 12.1 Å².